The first-order chi connectivity index (χ1) is 4.60. The minimum atomic E-state index is -3.82. The topological polar surface area (TPSA) is 12.0 Å². The molecular formula is C5H10F3NS. The van der Waals surface area contributed by atoms with Crippen molar-refractivity contribution in [1.29, 1.82) is 0 Å². The molecule has 0 aromatic rings. The Labute approximate surface area is 59.9 Å². The highest BCUT2D eigenvalue weighted by molar-refractivity contribution is 8.32. The summed E-state index contributed by atoms with van der Waals surface area (Å²) in [7, 11) is -2.15. The first kappa shape index (κ1) is 8.20. The van der Waals surface area contributed by atoms with Gasteiger partial charge in [-0.1, -0.05) is 0 Å². The fourth-order valence-electron chi connectivity index (χ4n) is 0.850. The zero-order valence-electron chi connectivity index (χ0n) is 5.61. The highest BCUT2D eigenvalue weighted by atomic mass is 32.3. The molecule has 0 aromatic carbocycles. The van der Waals surface area contributed by atoms with Crippen LogP contribution in [0.5, 0.6) is 0 Å². The third-order valence-corrected chi connectivity index (χ3v) is 3.50. The van der Waals surface area contributed by atoms with Gasteiger partial charge in [0.15, 0.2) is 5.50 Å². The molecule has 1 N–H and O–H groups in total. The molecule has 0 bridgehead atoms. The quantitative estimate of drug-likeness (QED) is 0.642. The molecule has 0 amide bonds. The van der Waals surface area contributed by atoms with Crippen LogP contribution in [-0.2, 0) is 0 Å². The summed E-state index contributed by atoms with van der Waals surface area (Å²) >= 11 is 0. The molecule has 0 radical (unpaired) electrons. The maximum Gasteiger partial charge on any atom is 0.197 e. The van der Waals surface area contributed by atoms with Crippen molar-refractivity contribution in [2.45, 2.75) is 17.2 Å². The standard InChI is InChI=1S/C5H10F3NS/c1-9-3-2-4-5(6)10(4,7)8/h4-5,9H,2-3H2,1H3. The average molecular weight is 173 g/mol. The van der Waals surface area contributed by atoms with Crippen molar-refractivity contribution >= 4 is 10.8 Å². The van der Waals surface area contributed by atoms with Gasteiger partial charge in [-0.3, -0.25) is 0 Å². The molecule has 1 rings (SSSR count). The summed E-state index contributed by atoms with van der Waals surface area (Å²) in [6.45, 7) is 0.480. The Balaban J connectivity index is 2.22. The van der Waals surface area contributed by atoms with Crippen LogP contribution in [0.3, 0.4) is 0 Å². The second kappa shape index (κ2) is 2.62. The molecule has 2 atom stereocenters. The molecule has 0 aromatic heterocycles. The number of hydrogen-bond donors (Lipinski definition) is 1. The summed E-state index contributed by atoms with van der Waals surface area (Å²) < 4.78 is 36.5. The van der Waals surface area contributed by atoms with Gasteiger partial charge < -0.3 is 5.32 Å². The van der Waals surface area contributed by atoms with Crippen LogP contribution in [0.2, 0.25) is 0 Å². The number of hydrogen-bond acceptors (Lipinski definition) is 1. The van der Waals surface area contributed by atoms with Crippen LogP contribution in [0.4, 0.5) is 12.2 Å². The molecule has 0 spiro atoms. The van der Waals surface area contributed by atoms with Gasteiger partial charge >= 0.3 is 0 Å². The Morgan fingerprint density at radius 1 is 1.50 bits per heavy atom. The number of nitrogens with one attached hydrogen (secondary N) is 1. The van der Waals surface area contributed by atoms with Crippen molar-refractivity contribution in [3.8, 4) is 0 Å². The van der Waals surface area contributed by atoms with E-state index in [2.05, 4.69) is 5.32 Å². The molecular weight excluding hydrogens is 163 g/mol. The molecule has 1 fully saturated rings. The Hall–Kier alpha value is 0.1000. The summed E-state index contributed by atoms with van der Waals surface area (Å²) in [5.74, 6) is 0. The predicted molar refractivity (Wildman–Crippen MR) is 37.0 cm³/mol. The first-order valence-electron chi connectivity index (χ1n) is 3.09. The summed E-state index contributed by atoms with van der Waals surface area (Å²) in [6.07, 6.45) is 0.264. The van der Waals surface area contributed by atoms with E-state index in [0.717, 1.165) is 0 Å². The summed E-state index contributed by atoms with van der Waals surface area (Å²) in [5, 5.41) is 1.77. The lowest BCUT2D eigenvalue weighted by molar-refractivity contribution is 0.471. The molecule has 2 unspecified atom stereocenters. The average Bonchev–Trinajstić information content (AvgIpc) is 2.31. The van der Waals surface area contributed by atoms with Gasteiger partial charge in [-0.05, 0) is 20.0 Å². The van der Waals surface area contributed by atoms with Crippen LogP contribution in [-0.4, -0.2) is 24.3 Å². The van der Waals surface area contributed by atoms with Crippen LogP contribution in [0.1, 0.15) is 6.42 Å². The smallest absolute Gasteiger partial charge is 0.197 e. The molecule has 1 aliphatic rings. The van der Waals surface area contributed by atoms with Gasteiger partial charge in [0.05, 0.1) is 16.0 Å². The van der Waals surface area contributed by atoms with Crippen LogP contribution < -0.4 is 5.32 Å². The molecule has 1 aliphatic heterocycles. The van der Waals surface area contributed by atoms with E-state index in [9.17, 15) is 12.2 Å². The molecule has 0 aliphatic carbocycles. The van der Waals surface area contributed by atoms with Gasteiger partial charge in [-0.15, -0.1) is 0 Å². The van der Waals surface area contributed by atoms with Crippen molar-refractivity contribution < 1.29 is 12.2 Å². The Morgan fingerprint density at radius 3 is 2.30 bits per heavy atom. The second-order valence-electron chi connectivity index (χ2n) is 2.33. The fraction of sp³-hybridized carbons (Fsp3) is 1.00. The van der Waals surface area contributed by atoms with E-state index in [0.29, 0.717) is 6.54 Å². The number of halogens is 3. The SMILES string of the molecule is CNCCC1C(F)S1(F)F. The van der Waals surface area contributed by atoms with Gasteiger partial charge in [-0.25, -0.2) is 4.39 Å². The highest BCUT2D eigenvalue weighted by Gasteiger charge is 2.64. The molecule has 5 heteroatoms. The van der Waals surface area contributed by atoms with E-state index in [1.807, 2.05) is 0 Å². The van der Waals surface area contributed by atoms with Crippen molar-refractivity contribution in [2.24, 2.45) is 0 Å². The Morgan fingerprint density at radius 2 is 2.00 bits per heavy atom. The first-order valence-corrected chi connectivity index (χ1v) is 4.65. The zero-order chi connectivity index (χ0) is 7.78. The number of rotatable bonds is 3. The van der Waals surface area contributed by atoms with Crippen molar-refractivity contribution in [3.05, 3.63) is 0 Å². The lowest BCUT2D eigenvalue weighted by Crippen LogP contribution is -2.10. The maximum atomic E-state index is 12.2. The molecule has 62 valence electrons. The van der Waals surface area contributed by atoms with E-state index >= 15 is 0 Å². The van der Waals surface area contributed by atoms with E-state index in [1.165, 1.54) is 0 Å². The molecule has 0 saturated carbocycles. The van der Waals surface area contributed by atoms with Gasteiger partial charge in [0.25, 0.3) is 0 Å². The maximum absolute atomic E-state index is 12.2. The van der Waals surface area contributed by atoms with E-state index in [-0.39, 0.29) is 6.42 Å². The van der Waals surface area contributed by atoms with Crippen molar-refractivity contribution in [1.82, 2.24) is 5.32 Å². The Kier molecular flexibility index (Phi) is 2.15. The van der Waals surface area contributed by atoms with E-state index in [1.54, 1.807) is 7.05 Å². The minimum absolute atomic E-state index is 0.264. The third-order valence-electron chi connectivity index (χ3n) is 1.60. The monoisotopic (exact) mass is 173 g/mol. The van der Waals surface area contributed by atoms with Crippen LogP contribution in [0.25, 0.3) is 0 Å². The van der Waals surface area contributed by atoms with Gasteiger partial charge in [0.2, 0.25) is 0 Å². The molecule has 1 saturated heterocycles. The van der Waals surface area contributed by atoms with Crippen molar-refractivity contribution in [3.63, 3.8) is 0 Å². The lowest BCUT2D eigenvalue weighted by atomic mass is 10.3. The van der Waals surface area contributed by atoms with Gasteiger partial charge in [0, 0.05) is 0 Å². The van der Waals surface area contributed by atoms with Crippen LogP contribution in [0, 0.1) is 0 Å². The lowest BCUT2D eigenvalue weighted by Gasteiger charge is -1.96. The van der Waals surface area contributed by atoms with E-state index < -0.39 is 21.6 Å². The fourth-order valence-corrected chi connectivity index (χ4v) is 2.22. The van der Waals surface area contributed by atoms with Crippen LogP contribution >= 0.6 is 10.8 Å². The summed E-state index contributed by atoms with van der Waals surface area (Å²) in [4.78, 5) is 0. The number of alkyl halides is 1. The molecule has 10 heavy (non-hydrogen) atoms. The molecule has 1 heterocycles. The minimum Gasteiger partial charge on any atom is -0.320 e. The van der Waals surface area contributed by atoms with E-state index in [4.69, 9.17) is 0 Å². The summed E-state index contributed by atoms with van der Waals surface area (Å²) in [5.41, 5.74) is -1.80. The highest BCUT2D eigenvalue weighted by Crippen LogP contribution is 2.78. The third kappa shape index (κ3) is 1.25. The van der Waals surface area contributed by atoms with Gasteiger partial charge in [-0.2, -0.15) is 7.77 Å². The normalized spacial score (nSPS) is 39.2. The van der Waals surface area contributed by atoms with Gasteiger partial charge in [0.1, 0.15) is 0 Å². The largest absolute Gasteiger partial charge is 0.320 e. The van der Waals surface area contributed by atoms with Crippen LogP contribution in [0.15, 0.2) is 0 Å². The zero-order valence-corrected chi connectivity index (χ0v) is 6.43. The predicted octanol–water partition coefficient (Wildman–Crippen LogP) is 1.85. The van der Waals surface area contributed by atoms with Crippen molar-refractivity contribution in [2.75, 3.05) is 13.6 Å². The molecule has 1 nitrogen and oxygen atoms in total. The second-order valence-corrected chi connectivity index (χ2v) is 4.49. The summed E-state index contributed by atoms with van der Waals surface area (Å²) in [6, 6.07) is 0. The Bertz CT molecular complexity index is 130.